The number of hydrogen-bond acceptors (Lipinski definition) is 8. The van der Waals surface area contributed by atoms with E-state index in [1.807, 2.05) is 42.5 Å². The Labute approximate surface area is 303 Å². The van der Waals surface area contributed by atoms with Crippen molar-refractivity contribution in [2.45, 2.75) is 50.9 Å². The van der Waals surface area contributed by atoms with Crippen LogP contribution in [-0.4, -0.2) is 65.1 Å². The van der Waals surface area contributed by atoms with Gasteiger partial charge in [0.05, 0.1) is 23.9 Å². The number of piperidine rings is 3. The highest BCUT2D eigenvalue weighted by molar-refractivity contribution is 5.92. The van der Waals surface area contributed by atoms with Crippen LogP contribution in [0, 0.1) is 5.92 Å². The fourth-order valence-corrected chi connectivity index (χ4v) is 7.38. The third-order valence-electron chi connectivity index (χ3n) is 10.2. The quantitative estimate of drug-likeness (QED) is 0.0801. The summed E-state index contributed by atoms with van der Waals surface area (Å²) in [6, 6.07) is 30.4. The maximum absolute atomic E-state index is 13.1. The summed E-state index contributed by atoms with van der Waals surface area (Å²) in [6.07, 6.45) is 3.60. The minimum Gasteiger partial charge on any atom is -0.506 e. The van der Waals surface area contributed by atoms with Crippen molar-refractivity contribution in [1.29, 1.82) is 0 Å². The van der Waals surface area contributed by atoms with Crippen LogP contribution in [0.1, 0.15) is 48.5 Å². The Balaban J connectivity index is 0.866. The van der Waals surface area contributed by atoms with E-state index in [1.165, 1.54) is 12.1 Å². The Morgan fingerprint density at radius 3 is 2.48 bits per heavy atom. The lowest BCUT2D eigenvalue weighted by Crippen LogP contribution is -2.52. The van der Waals surface area contributed by atoms with Gasteiger partial charge in [0, 0.05) is 36.7 Å². The number of carbonyl (C=O) groups is 1. The van der Waals surface area contributed by atoms with Crippen molar-refractivity contribution in [3.05, 3.63) is 124 Å². The number of nitrogens with one attached hydrogen (secondary N) is 3. The Morgan fingerprint density at radius 1 is 0.923 bits per heavy atom. The molecule has 0 spiro atoms. The van der Waals surface area contributed by atoms with Crippen molar-refractivity contribution in [2.24, 2.45) is 5.92 Å². The average molecular weight is 703 g/mol. The first-order valence-electron chi connectivity index (χ1n) is 18.2. The lowest BCUT2D eigenvalue weighted by atomic mass is 9.86. The number of anilines is 1. The molecule has 270 valence electrons. The van der Waals surface area contributed by atoms with Crippen LogP contribution in [0.2, 0.25) is 0 Å². The van der Waals surface area contributed by atoms with E-state index in [2.05, 4.69) is 50.8 Å². The molecule has 4 heterocycles. The smallest absolute Gasteiger partial charge is 0.411 e. The maximum atomic E-state index is 13.1. The van der Waals surface area contributed by atoms with Gasteiger partial charge in [-0.25, -0.2) is 4.79 Å². The number of pyridine rings is 1. The molecule has 2 bridgehead atoms. The Morgan fingerprint density at radius 2 is 1.71 bits per heavy atom. The third kappa shape index (κ3) is 8.65. The number of nitrogens with zero attached hydrogens (tertiary/aromatic N) is 1. The Kier molecular flexibility index (Phi) is 11.2. The van der Waals surface area contributed by atoms with Gasteiger partial charge in [-0.3, -0.25) is 15.0 Å². The number of hydrogen-bond donors (Lipinski definition) is 5. The van der Waals surface area contributed by atoms with Gasteiger partial charge in [0.1, 0.15) is 17.6 Å². The monoisotopic (exact) mass is 702 g/mol. The van der Waals surface area contributed by atoms with Crippen molar-refractivity contribution in [3.8, 4) is 22.6 Å². The maximum Gasteiger partial charge on any atom is 0.411 e. The minimum absolute atomic E-state index is 0.0334. The van der Waals surface area contributed by atoms with E-state index in [1.54, 1.807) is 12.1 Å². The molecule has 10 heteroatoms. The normalized spacial score (nSPS) is 18.6. The van der Waals surface area contributed by atoms with Crippen molar-refractivity contribution in [3.63, 3.8) is 0 Å². The second-order valence-electron chi connectivity index (χ2n) is 13.8. The molecule has 1 amide bonds. The van der Waals surface area contributed by atoms with E-state index in [-0.39, 0.29) is 23.5 Å². The number of aryl methyl sites for hydroxylation is 1. The standard InChI is InChI=1S/C42H46N4O6/c47-37-17-15-34(35-16-18-40(49)45-41(35)37)38(48)26-43-25-29-9-12-32(13-10-29)51-23-5-4-6-28-11-14-33(30-7-2-1-3-8-30)36(24-28)44-42(50)52-39-27-46-21-19-31(39)20-22-46/h1-3,7-18,24,31,38-39,43,47-48H,4-6,19-23,25-27H2,(H,44,50)(H,45,49)/t38-,39-/m0/s1. The highest BCUT2D eigenvalue weighted by Crippen LogP contribution is 2.33. The zero-order valence-corrected chi connectivity index (χ0v) is 29.2. The molecule has 3 fully saturated rings. The number of aliphatic hydroxyl groups is 1. The fourth-order valence-electron chi connectivity index (χ4n) is 7.38. The molecule has 5 aromatic rings. The molecule has 1 aromatic heterocycles. The lowest BCUT2D eigenvalue weighted by molar-refractivity contribution is -0.0289. The van der Waals surface area contributed by atoms with Gasteiger partial charge in [-0.2, -0.15) is 0 Å². The number of ether oxygens (including phenoxy) is 2. The number of aromatic hydroxyl groups is 1. The zero-order chi connectivity index (χ0) is 35.9. The van der Waals surface area contributed by atoms with Crippen molar-refractivity contribution < 1.29 is 24.5 Å². The summed E-state index contributed by atoms with van der Waals surface area (Å²) in [5, 5.41) is 27.9. The predicted molar refractivity (Wildman–Crippen MR) is 203 cm³/mol. The van der Waals surface area contributed by atoms with Gasteiger partial charge in [0.2, 0.25) is 5.56 Å². The van der Waals surface area contributed by atoms with Crippen LogP contribution in [0.25, 0.3) is 22.0 Å². The lowest BCUT2D eigenvalue weighted by Gasteiger charge is -2.43. The Bertz CT molecular complexity index is 2030. The van der Waals surface area contributed by atoms with Gasteiger partial charge in [-0.1, -0.05) is 60.7 Å². The molecule has 2 atom stereocenters. The summed E-state index contributed by atoms with van der Waals surface area (Å²) in [5.74, 6) is 1.22. The highest BCUT2D eigenvalue weighted by Gasteiger charge is 2.36. The molecule has 0 saturated carbocycles. The number of carbonyl (C=O) groups excluding carboxylic acids is 1. The van der Waals surface area contributed by atoms with Gasteiger partial charge in [-0.05, 0) is 104 Å². The molecule has 8 rings (SSSR count). The van der Waals surface area contributed by atoms with Crippen LogP contribution in [-0.2, 0) is 17.7 Å². The van der Waals surface area contributed by atoms with Crippen LogP contribution in [0.15, 0.2) is 102 Å². The summed E-state index contributed by atoms with van der Waals surface area (Å²) in [6.45, 7) is 4.47. The molecule has 0 aliphatic carbocycles. The minimum atomic E-state index is -0.822. The molecule has 10 nitrogen and oxygen atoms in total. The fraction of sp³-hybridized carbons (Fsp3) is 0.333. The SMILES string of the molecule is O=C(Nc1cc(CCCCOc2ccc(CNC[C@H](O)c3ccc(O)c4[nH]c(=O)ccc34)cc2)ccc1-c1ccccc1)O[C@H]1CN2CCC1CC2. The van der Waals surface area contributed by atoms with E-state index in [0.29, 0.717) is 42.1 Å². The summed E-state index contributed by atoms with van der Waals surface area (Å²) in [4.78, 5) is 29.8. The molecule has 4 aromatic carbocycles. The number of H-pyrrole nitrogens is 1. The molecule has 3 aliphatic rings. The number of phenolic OH excluding ortho intramolecular Hbond substituents is 1. The van der Waals surface area contributed by atoms with Crippen LogP contribution in [0.4, 0.5) is 10.5 Å². The third-order valence-corrected chi connectivity index (χ3v) is 10.2. The van der Waals surface area contributed by atoms with Crippen LogP contribution in [0.5, 0.6) is 11.5 Å². The van der Waals surface area contributed by atoms with Gasteiger partial charge < -0.3 is 30.0 Å². The Hall–Kier alpha value is -5.16. The molecular weight excluding hydrogens is 656 g/mol. The number of phenols is 1. The highest BCUT2D eigenvalue weighted by atomic mass is 16.6. The van der Waals surface area contributed by atoms with E-state index < -0.39 is 6.10 Å². The van der Waals surface area contributed by atoms with E-state index >= 15 is 0 Å². The van der Waals surface area contributed by atoms with Gasteiger partial charge in [-0.15, -0.1) is 0 Å². The number of rotatable bonds is 14. The largest absolute Gasteiger partial charge is 0.506 e. The molecule has 52 heavy (non-hydrogen) atoms. The molecule has 0 radical (unpaired) electrons. The molecule has 3 saturated heterocycles. The van der Waals surface area contributed by atoms with Crippen molar-refractivity contribution in [2.75, 3.05) is 38.1 Å². The summed E-state index contributed by atoms with van der Waals surface area (Å²) in [5.41, 5.74) is 5.61. The number of fused-ring (bicyclic) bond motifs is 4. The van der Waals surface area contributed by atoms with Crippen LogP contribution in [0.3, 0.4) is 0 Å². The molecule has 0 unspecified atom stereocenters. The summed E-state index contributed by atoms with van der Waals surface area (Å²) in [7, 11) is 0. The predicted octanol–water partition coefficient (Wildman–Crippen LogP) is 6.77. The molecular formula is C42H46N4O6. The number of benzene rings is 4. The number of aliphatic hydroxyl groups excluding tert-OH is 1. The van der Waals surface area contributed by atoms with Gasteiger partial charge in [0.25, 0.3) is 0 Å². The van der Waals surface area contributed by atoms with Crippen LogP contribution < -0.4 is 20.9 Å². The van der Waals surface area contributed by atoms with E-state index in [4.69, 9.17) is 9.47 Å². The first-order valence-corrected chi connectivity index (χ1v) is 18.2. The zero-order valence-electron chi connectivity index (χ0n) is 29.2. The number of unbranched alkanes of at least 4 members (excludes halogenated alkanes) is 1. The average Bonchev–Trinajstić information content (AvgIpc) is 3.16. The first-order chi connectivity index (χ1) is 25.4. The number of aromatic nitrogens is 1. The van der Waals surface area contributed by atoms with Crippen molar-refractivity contribution >= 4 is 22.7 Å². The molecule has 3 aliphatic heterocycles. The van der Waals surface area contributed by atoms with Crippen molar-refractivity contribution in [1.82, 2.24) is 15.2 Å². The molecule has 5 N–H and O–H groups in total. The topological polar surface area (TPSA) is 136 Å². The van der Waals surface area contributed by atoms with Crippen LogP contribution >= 0.6 is 0 Å². The number of amides is 1. The van der Waals surface area contributed by atoms with Gasteiger partial charge >= 0.3 is 6.09 Å². The van der Waals surface area contributed by atoms with E-state index in [9.17, 15) is 19.8 Å². The number of aromatic amines is 1. The van der Waals surface area contributed by atoms with E-state index in [0.717, 1.165) is 85.4 Å². The second-order valence-corrected chi connectivity index (χ2v) is 13.8. The first kappa shape index (κ1) is 35.3. The summed E-state index contributed by atoms with van der Waals surface area (Å²) >= 11 is 0. The second kappa shape index (κ2) is 16.5. The van der Waals surface area contributed by atoms with Gasteiger partial charge in [0.15, 0.2) is 0 Å². The summed E-state index contributed by atoms with van der Waals surface area (Å²) < 4.78 is 12.0.